The second kappa shape index (κ2) is 5.52. The number of fused-ring (bicyclic) bond motifs is 1. The lowest BCUT2D eigenvalue weighted by Crippen LogP contribution is -2.58. The molecular weight excluding hydrogens is 312 g/mol. The fraction of sp³-hybridized carbons (Fsp3) is 0.421. The molecule has 3 aliphatic heterocycles. The summed E-state index contributed by atoms with van der Waals surface area (Å²) in [5.41, 5.74) is 4.94. The Labute approximate surface area is 147 Å². The third-order valence-electron chi connectivity index (χ3n) is 5.42. The molecule has 0 radical (unpaired) electrons. The molecule has 0 bridgehead atoms. The van der Waals surface area contributed by atoms with Gasteiger partial charge in [0.1, 0.15) is 5.82 Å². The predicted octanol–water partition coefficient (Wildman–Crippen LogP) is 2.26. The third-order valence-corrected chi connectivity index (χ3v) is 5.42. The van der Waals surface area contributed by atoms with Gasteiger partial charge in [-0.05, 0) is 43.1 Å². The Morgan fingerprint density at radius 1 is 1.20 bits per heavy atom. The largest absolute Gasteiger partial charge is 0.340 e. The number of benzene rings is 1. The van der Waals surface area contributed by atoms with Gasteiger partial charge in [-0.25, -0.2) is 4.98 Å². The summed E-state index contributed by atoms with van der Waals surface area (Å²) in [7, 11) is 0. The van der Waals surface area contributed by atoms with Crippen molar-refractivity contribution in [2.45, 2.75) is 19.9 Å². The number of aromatic nitrogens is 2. The molecule has 2 N–H and O–H groups in total. The van der Waals surface area contributed by atoms with E-state index < -0.39 is 0 Å². The molecule has 1 aromatic carbocycles. The van der Waals surface area contributed by atoms with Crippen LogP contribution in [0, 0.1) is 12.3 Å². The average Bonchev–Trinajstić information content (AvgIpc) is 3.21. The van der Waals surface area contributed by atoms with Crippen LogP contribution in [0.2, 0.25) is 0 Å². The lowest BCUT2D eigenvalue weighted by atomic mass is 9.79. The topological polar surface area (TPSA) is 65.4 Å². The Kier molecular flexibility index (Phi) is 3.28. The van der Waals surface area contributed by atoms with Gasteiger partial charge in [0.05, 0.1) is 6.54 Å². The number of nitrogens with zero attached hydrogens (tertiary/aromatic N) is 4. The fourth-order valence-electron chi connectivity index (χ4n) is 4.06. The van der Waals surface area contributed by atoms with Gasteiger partial charge in [0.2, 0.25) is 5.95 Å². The van der Waals surface area contributed by atoms with Crippen LogP contribution < -0.4 is 15.5 Å². The highest BCUT2D eigenvalue weighted by molar-refractivity contribution is 5.86. The highest BCUT2D eigenvalue weighted by Gasteiger charge is 2.45. The zero-order valence-corrected chi connectivity index (χ0v) is 14.4. The maximum absolute atomic E-state index is 4.75. The van der Waals surface area contributed by atoms with E-state index in [-0.39, 0.29) is 0 Å². The van der Waals surface area contributed by atoms with Gasteiger partial charge in [-0.1, -0.05) is 6.07 Å². The lowest BCUT2D eigenvalue weighted by molar-refractivity contribution is 0.240. The van der Waals surface area contributed by atoms with Gasteiger partial charge in [-0.2, -0.15) is 4.98 Å². The van der Waals surface area contributed by atoms with Crippen molar-refractivity contribution in [2.75, 3.05) is 36.4 Å². The van der Waals surface area contributed by atoms with Gasteiger partial charge in [0.15, 0.2) is 0 Å². The van der Waals surface area contributed by atoms with Crippen LogP contribution in [0.25, 0.3) is 0 Å². The molecule has 2 saturated heterocycles. The second-order valence-corrected chi connectivity index (χ2v) is 7.49. The molecule has 3 aliphatic rings. The van der Waals surface area contributed by atoms with Crippen molar-refractivity contribution in [1.82, 2.24) is 15.3 Å². The molecule has 0 unspecified atom stereocenters. The minimum atomic E-state index is 0.444. The summed E-state index contributed by atoms with van der Waals surface area (Å²) in [5, 5.41) is 6.90. The number of rotatable bonds is 3. The fourth-order valence-corrected chi connectivity index (χ4v) is 4.06. The Hall–Kier alpha value is -2.47. The van der Waals surface area contributed by atoms with Crippen LogP contribution in [0.15, 0.2) is 29.3 Å². The summed E-state index contributed by atoms with van der Waals surface area (Å²) in [6.07, 6.45) is 3.20. The predicted molar refractivity (Wildman–Crippen MR) is 99.9 cm³/mol. The van der Waals surface area contributed by atoms with Crippen molar-refractivity contribution < 1.29 is 0 Å². The highest BCUT2D eigenvalue weighted by atomic mass is 15.3. The van der Waals surface area contributed by atoms with Gasteiger partial charge in [0, 0.05) is 48.7 Å². The van der Waals surface area contributed by atoms with E-state index in [0.717, 1.165) is 55.9 Å². The molecule has 5 rings (SSSR count). The molecule has 6 heteroatoms. The Balaban J connectivity index is 1.36. The van der Waals surface area contributed by atoms with E-state index in [1.54, 1.807) is 0 Å². The number of nitrogens with one attached hydrogen (secondary N) is 2. The van der Waals surface area contributed by atoms with E-state index in [1.807, 2.05) is 19.2 Å². The van der Waals surface area contributed by atoms with Crippen molar-refractivity contribution in [3.8, 4) is 0 Å². The first-order chi connectivity index (χ1) is 12.2. The van der Waals surface area contributed by atoms with Crippen molar-refractivity contribution in [3.05, 3.63) is 41.1 Å². The van der Waals surface area contributed by atoms with Gasteiger partial charge in [0.25, 0.3) is 0 Å². The molecule has 2 fully saturated rings. The summed E-state index contributed by atoms with van der Waals surface area (Å²) in [6.45, 7) is 7.18. The number of anilines is 3. The summed E-state index contributed by atoms with van der Waals surface area (Å²) < 4.78 is 0. The average molecular weight is 334 g/mol. The number of aryl methyl sites for hydroxylation is 1. The summed E-state index contributed by atoms with van der Waals surface area (Å²) in [4.78, 5) is 16.0. The van der Waals surface area contributed by atoms with Crippen LogP contribution >= 0.6 is 0 Å². The first-order valence-corrected chi connectivity index (χ1v) is 8.90. The quantitative estimate of drug-likeness (QED) is 0.901. The minimum Gasteiger partial charge on any atom is -0.340 e. The molecule has 128 valence electrons. The first kappa shape index (κ1) is 14.8. The van der Waals surface area contributed by atoms with Crippen molar-refractivity contribution >= 4 is 23.7 Å². The van der Waals surface area contributed by atoms with Crippen LogP contribution in [-0.4, -0.2) is 42.4 Å². The van der Waals surface area contributed by atoms with E-state index in [0.29, 0.717) is 5.41 Å². The molecule has 1 aromatic heterocycles. The molecule has 0 atom stereocenters. The van der Waals surface area contributed by atoms with Crippen LogP contribution in [-0.2, 0) is 6.54 Å². The van der Waals surface area contributed by atoms with E-state index in [2.05, 4.69) is 43.7 Å². The second-order valence-electron chi connectivity index (χ2n) is 7.49. The number of hydrogen-bond acceptors (Lipinski definition) is 6. The smallest absolute Gasteiger partial charge is 0.227 e. The normalized spacial score (nSPS) is 20.0. The Morgan fingerprint density at radius 2 is 2.12 bits per heavy atom. The van der Waals surface area contributed by atoms with Gasteiger partial charge in [-0.15, -0.1) is 0 Å². The van der Waals surface area contributed by atoms with Crippen LogP contribution in [0.4, 0.5) is 17.5 Å². The first-order valence-electron chi connectivity index (χ1n) is 8.90. The SMILES string of the molecule is Cc1cc(Nc2ccc3c(c2)C=NC3)nc(N2CC3(CCNC3)C2)n1. The van der Waals surface area contributed by atoms with Gasteiger partial charge in [-0.3, -0.25) is 4.99 Å². The summed E-state index contributed by atoms with van der Waals surface area (Å²) in [5.74, 6) is 1.69. The number of aliphatic imine (C=N–C) groups is 1. The summed E-state index contributed by atoms with van der Waals surface area (Å²) in [6, 6.07) is 8.35. The molecular formula is C19H22N6. The van der Waals surface area contributed by atoms with Crippen molar-refractivity contribution in [3.63, 3.8) is 0 Å². The zero-order chi connectivity index (χ0) is 16.9. The molecule has 2 aromatic rings. The van der Waals surface area contributed by atoms with Gasteiger partial charge < -0.3 is 15.5 Å². The van der Waals surface area contributed by atoms with E-state index >= 15 is 0 Å². The van der Waals surface area contributed by atoms with Crippen molar-refractivity contribution in [2.24, 2.45) is 10.4 Å². The monoisotopic (exact) mass is 334 g/mol. The standard InChI is InChI=1S/C19H22N6/c1-13-6-17(23-16-3-2-14-8-21-9-15(14)7-16)24-18(22-13)25-11-19(12-25)4-5-20-10-19/h2-3,6-7,9,20H,4-5,8,10-12H2,1H3,(H,22,23,24). The van der Waals surface area contributed by atoms with Crippen LogP contribution in [0.1, 0.15) is 23.2 Å². The molecule has 1 spiro atoms. The van der Waals surface area contributed by atoms with Gasteiger partial charge >= 0.3 is 0 Å². The van der Waals surface area contributed by atoms with Crippen LogP contribution in [0.5, 0.6) is 0 Å². The maximum atomic E-state index is 4.75. The molecule has 0 amide bonds. The van der Waals surface area contributed by atoms with E-state index in [4.69, 9.17) is 4.98 Å². The highest BCUT2D eigenvalue weighted by Crippen LogP contribution is 2.38. The van der Waals surface area contributed by atoms with E-state index in [1.165, 1.54) is 17.5 Å². The molecule has 4 heterocycles. The van der Waals surface area contributed by atoms with E-state index in [9.17, 15) is 0 Å². The molecule has 0 aliphatic carbocycles. The van der Waals surface area contributed by atoms with Crippen LogP contribution in [0.3, 0.4) is 0 Å². The summed E-state index contributed by atoms with van der Waals surface area (Å²) >= 11 is 0. The Morgan fingerprint density at radius 3 is 2.96 bits per heavy atom. The maximum Gasteiger partial charge on any atom is 0.227 e. The third kappa shape index (κ3) is 2.66. The molecule has 0 saturated carbocycles. The lowest BCUT2D eigenvalue weighted by Gasteiger charge is -2.47. The Bertz CT molecular complexity index is 845. The minimum absolute atomic E-state index is 0.444. The zero-order valence-electron chi connectivity index (χ0n) is 14.4. The molecule has 6 nitrogen and oxygen atoms in total. The number of hydrogen-bond donors (Lipinski definition) is 2. The van der Waals surface area contributed by atoms with Crippen molar-refractivity contribution in [1.29, 1.82) is 0 Å². The molecule has 25 heavy (non-hydrogen) atoms.